The van der Waals surface area contributed by atoms with Crippen molar-refractivity contribution in [3.05, 3.63) is 30.1 Å². The fraction of sp³-hybridized carbons (Fsp3) is 0.571. The molecule has 22 heavy (non-hydrogen) atoms. The Balaban J connectivity index is 1.25. The molecular formula is C14H19N7O. The van der Waals surface area contributed by atoms with Gasteiger partial charge < -0.3 is 9.88 Å². The van der Waals surface area contributed by atoms with E-state index >= 15 is 0 Å². The number of nitrogens with one attached hydrogen (secondary N) is 1. The van der Waals surface area contributed by atoms with Crippen molar-refractivity contribution in [1.82, 2.24) is 34.8 Å². The van der Waals surface area contributed by atoms with Gasteiger partial charge >= 0.3 is 0 Å². The van der Waals surface area contributed by atoms with Gasteiger partial charge in [-0.05, 0) is 12.8 Å². The molecule has 0 radical (unpaired) electrons. The molecule has 0 spiro atoms. The molecule has 1 saturated heterocycles. The molecule has 116 valence electrons. The van der Waals surface area contributed by atoms with Gasteiger partial charge in [-0.2, -0.15) is 0 Å². The highest BCUT2D eigenvalue weighted by Crippen LogP contribution is 2.33. The van der Waals surface area contributed by atoms with E-state index in [2.05, 4.69) is 25.5 Å². The number of imidazole rings is 1. The van der Waals surface area contributed by atoms with E-state index in [0.717, 1.165) is 38.2 Å². The monoisotopic (exact) mass is 301 g/mol. The molecule has 0 atom stereocenters. The minimum atomic E-state index is -0.130. The molecule has 0 bridgehead atoms. The van der Waals surface area contributed by atoms with Gasteiger partial charge in [-0.25, -0.2) is 9.67 Å². The summed E-state index contributed by atoms with van der Waals surface area (Å²) in [7, 11) is 1.96. The van der Waals surface area contributed by atoms with Crippen LogP contribution in [0.3, 0.4) is 0 Å². The number of aromatic nitrogens is 5. The summed E-state index contributed by atoms with van der Waals surface area (Å²) < 4.78 is 3.74. The van der Waals surface area contributed by atoms with Crippen LogP contribution in [0.15, 0.2) is 18.7 Å². The number of hydrogen-bond acceptors (Lipinski definition) is 5. The Morgan fingerprint density at radius 2 is 2.18 bits per heavy atom. The zero-order valence-electron chi connectivity index (χ0n) is 12.5. The molecule has 1 amide bonds. The third-order valence-corrected chi connectivity index (χ3v) is 4.10. The Morgan fingerprint density at radius 1 is 1.36 bits per heavy atom. The summed E-state index contributed by atoms with van der Waals surface area (Å²) in [6, 6.07) is 0.633. The Labute approximate surface area is 128 Å². The van der Waals surface area contributed by atoms with Crippen LogP contribution in [0.25, 0.3) is 0 Å². The van der Waals surface area contributed by atoms with E-state index in [9.17, 15) is 4.79 Å². The van der Waals surface area contributed by atoms with Crippen LogP contribution in [-0.2, 0) is 13.6 Å². The molecule has 0 aromatic carbocycles. The maximum absolute atomic E-state index is 12.1. The Hall–Kier alpha value is -2.22. The van der Waals surface area contributed by atoms with Crippen LogP contribution >= 0.6 is 0 Å². The molecule has 1 N–H and O–H groups in total. The zero-order chi connectivity index (χ0) is 15.1. The Bertz CT molecular complexity index is 681. The van der Waals surface area contributed by atoms with Crippen LogP contribution in [0.1, 0.15) is 35.1 Å². The normalized spacial score (nSPS) is 19.1. The molecule has 1 saturated carbocycles. The number of nitrogens with zero attached hydrogens (tertiary/aromatic N) is 6. The van der Waals surface area contributed by atoms with Gasteiger partial charge in [0, 0.05) is 32.9 Å². The number of aryl methyl sites for hydroxylation is 1. The van der Waals surface area contributed by atoms with E-state index in [4.69, 9.17) is 0 Å². The van der Waals surface area contributed by atoms with Crippen LogP contribution in [0.2, 0.25) is 0 Å². The van der Waals surface area contributed by atoms with Crippen molar-refractivity contribution in [2.75, 3.05) is 13.1 Å². The Kier molecular flexibility index (Phi) is 3.18. The molecule has 0 unspecified atom stereocenters. The topological polar surface area (TPSA) is 80.9 Å². The van der Waals surface area contributed by atoms with Crippen molar-refractivity contribution in [2.45, 2.75) is 31.5 Å². The predicted octanol–water partition coefficient (Wildman–Crippen LogP) is -0.0393. The van der Waals surface area contributed by atoms with E-state index in [0.29, 0.717) is 11.7 Å². The lowest BCUT2D eigenvalue weighted by Gasteiger charge is -2.38. The number of hydrogen-bond donors (Lipinski definition) is 1. The van der Waals surface area contributed by atoms with Crippen LogP contribution in [0, 0.1) is 0 Å². The van der Waals surface area contributed by atoms with E-state index in [1.54, 1.807) is 17.2 Å². The number of amides is 1. The largest absolute Gasteiger partial charge is 0.345 e. The van der Waals surface area contributed by atoms with Crippen molar-refractivity contribution < 1.29 is 4.79 Å². The average Bonchev–Trinajstić information content (AvgIpc) is 3.04. The van der Waals surface area contributed by atoms with Gasteiger partial charge in [0.1, 0.15) is 0 Å². The zero-order valence-corrected chi connectivity index (χ0v) is 12.5. The van der Waals surface area contributed by atoms with Crippen LogP contribution in [0.4, 0.5) is 0 Å². The first kappa shape index (κ1) is 13.4. The van der Waals surface area contributed by atoms with Gasteiger partial charge in [0.25, 0.3) is 5.91 Å². The first-order valence-electron chi connectivity index (χ1n) is 7.59. The van der Waals surface area contributed by atoms with Crippen LogP contribution in [-0.4, -0.2) is 54.5 Å². The number of rotatable bonds is 5. The quantitative estimate of drug-likeness (QED) is 0.838. The van der Waals surface area contributed by atoms with E-state index in [-0.39, 0.29) is 11.9 Å². The smallest absolute Gasteiger partial charge is 0.273 e. The van der Waals surface area contributed by atoms with Crippen LogP contribution < -0.4 is 5.32 Å². The maximum atomic E-state index is 12.1. The fourth-order valence-corrected chi connectivity index (χ4v) is 2.73. The summed E-state index contributed by atoms with van der Waals surface area (Å²) in [6.45, 7) is 2.52. The molecule has 3 heterocycles. The van der Waals surface area contributed by atoms with Crippen molar-refractivity contribution in [3.8, 4) is 0 Å². The second-order valence-corrected chi connectivity index (χ2v) is 6.21. The second kappa shape index (κ2) is 5.20. The average molecular weight is 301 g/mol. The van der Waals surface area contributed by atoms with E-state index < -0.39 is 0 Å². The lowest BCUT2D eigenvalue weighted by Crippen LogP contribution is -2.58. The predicted molar refractivity (Wildman–Crippen MR) is 78.0 cm³/mol. The molecule has 2 aromatic heterocycles. The highest BCUT2D eigenvalue weighted by Gasteiger charge is 2.30. The molecule has 8 heteroatoms. The summed E-state index contributed by atoms with van der Waals surface area (Å²) >= 11 is 0. The molecule has 2 aromatic rings. The third-order valence-electron chi connectivity index (χ3n) is 4.10. The number of carbonyl (C=O) groups is 1. The molecule has 4 rings (SSSR count). The lowest BCUT2D eigenvalue weighted by atomic mass is 10.1. The summed E-state index contributed by atoms with van der Waals surface area (Å²) in [5, 5.41) is 11.0. The molecule has 1 aliphatic heterocycles. The van der Waals surface area contributed by atoms with Crippen molar-refractivity contribution >= 4 is 5.91 Å². The fourth-order valence-electron chi connectivity index (χ4n) is 2.73. The minimum absolute atomic E-state index is 0.130. The van der Waals surface area contributed by atoms with E-state index in [1.807, 2.05) is 17.8 Å². The van der Waals surface area contributed by atoms with E-state index in [1.165, 1.54) is 0 Å². The molecule has 2 fully saturated rings. The number of carbonyl (C=O) groups excluding carboxylic acids is 1. The minimum Gasteiger partial charge on any atom is -0.345 e. The molecule has 1 aliphatic carbocycles. The SMILES string of the molecule is Cn1cnc(CN2CC(NC(=O)c3cn(C4CC4)nn3)C2)c1. The first-order valence-corrected chi connectivity index (χ1v) is 7.59. The van der Waals surface area contributed by atoms with Gasteiger partial charge in [0.15, 0.2) is 5.69 Å². The maximum Gasteiger partial charge on any atom is 0.273 e. The molecule has 8 nitrogen and oxygen atoms in total. The van der Waals surface area contributed by atoms with Gasteiger partial charge in [0.05, 0.1) is 30.3 Å². The summed E-state index contributed by atoms with van der Waals surface area (Å²) in [4.78, 5) is 18.7. The standard InChI is InChI=1S/C14H19N7O/c1-19-4-10(15-9-19)5-20-6-11(7-20)16-14(22)13-8-21(18-17-13)12-2-3-12/h4,8-9,11-12H,2-3,5-7H2,1H3,(H,16,22). The molecule has 2 aliphatic rings. The summed E-state index contributed by atoms with van der Waals surface area (Å²) in [5.41, 5.74) is 1.47. The summed E-state index contributed by atoms with van der Waals surface area (Å²) in [6.07, 6.45) is 7.84. The first-order chi connectivity index (χ1) is 10.7. The lowest BCUT2D eigenvalue weighted by molar-refractivity contribution is 0.0787. The van der Waals surface area contributed by atoms with Gasteiger partial charge in [-0.1, -0.05) is 5.21 Å². The second-order valence-electron chi connectivity index (χ2n) is 6.21. The van der Waals surface area contributed by atoms with Gasteiger partial charge in [-0.15, -0.1) is 5.10 Å². The van der Waals surface area contributed by atoms with Crippen molar-refractivity contribution in [1.29, 1.82) is 0 Å². The van der Waals surface area contributed by atoms with Gasteiger partial charge in [-0.3, -0.25) is 9.69 Å². The third kappa shape index (κ3) is 2.74. The van der Waals surface area contributed by atoms with Gasteiger partial charge in [0.2, 0.25) is 0 Å². The van der Waals surface area contributed by atoms with Crippen molar-refractivity contribution in [2.24, 2.45) is 7.05 Å². The van der Waals surface area contributed by atoms with Crippen molar-refractivity contribution in [3.63, 3.8) is 0 Å². The summed E-state index contributed by atoms with van der Waals surface area (Å²) in [5.74, 6) is -0.130. The highest BCUT2D eigenvalue weighted by molar-refractivity contribution is 5.92. The van der Waals surface area contributed by atoms with Crippen LogP contribution in [0.5, 0.6) is 0 Å². The highest BCUT2D eigenvalue weighted by atomic mass is 16.2. The Morgan fingerprint density at radius 3 is 2.86 bits per heavy atom. The molecular weight excluding hydrogens is 282 g/mol. The number of likely N-dealkylation sites (tertiary alicyclic amines) is 1.